The van der Waals surface area contributed by atoms with E-state index in [0.29, 0.717) is 40.6 Å². The van der Waals surface area contributed by atoms with Crippen LogP contribution in [0.25, 0.3) is 11.3 Å². The number of nitrogens with zero attached hydrogens (tertiary/aromatic N) is 1. The van der Waals surface area contributed by atoms with Gasteiger partial charge >= 0.3 is 5.97 Å². The Morgan fingerprint density at radius 1 is 0.870 bits per heavy atom. The van der Waals surface area contributed by atoms with Crippen molar-refractivity contribution in [1.29, 1.82) is 0 Å². The predicted molar refractivity (Wildman–Crippen MR) is 210 cm³/mol. The molecule has 0 unspecified atom stereocenters. The number of halogens is 2. The summed E-state index contributed by atoms with van der Waals surface area (Å²) >= 11 is 12.3. The quantitative estimate of drug-likeness (QED) is 0.0430. The van der Waals surface area contributed by atoms with Crippen LogP contribution in [0.5, 0.6) is 0 Å². The zero-order chi connectivity index (χ0) is 39.9. The first-order chi connectivity index (χ1) is 25.6. The standard InChI is InChI=1S/C40H51Cl2N5O7/c1-5-24(4)36(33(49)21-28(39(52)53)17-25-10-7-6-8-11-25)47-37(50)27(16-23(2)3)20-32(48)31(12-9-15-45-40(43)44)46-38(51)35-14-13-34(54-35)26-18-29(41)22-30(42)19-26/h6-8,10-11,13-14,18-19,22-24,27-28,31,36H,5,9,12,15-17,20-21H2,1-4H3,(H,46,51)(H,47,50)(H,52,53)(H4,43,44,45)/t24-,27+,28+,31-,36-/m0/s1. The Labute approximate surface area is 326 Å². The molecule has 0 aliphatic rings. The fraction of sp³-hybridized carbons (Fsp3) is 0.450. The van der Waals surface area contributed by atoms with Crippen molar-refractivity contribution in [2.45, 2.75) is 84.7 Å². The molecule has 12 nitrogen and oxygen atoms in total. The number of hydrogen-bond donors (Lipinski definition) is 5. The van der Waals surface area contributed by atoms with Gasteiger partial charge in [0.1, 0.15) is 5.76 Å². The molecule has 1 heterocycles. The molecule has 0 radical (unpaired) electrons. The molecule has 0 fully saturated rings. The van der Waals surface area contributed by atoms with E-state index in [1.807, 2.05) is 45.9 Å². The second-order valence-electron chi connectivity index (χ2n) is 14.1. The Kier molecular flexibility index (Phi) is 17.2. The third-order valence-corrected chi connectivity index (χ3v) is 9.61. The minimum absolute atomic E-state index is 0.00463. The van der Waals surface area contributed by atoms with E-state index in [4.69, 9.17) is 39.1 Å². The molecule has 3 aromatic rings. The van der Waals surface area contributed by atoms with Crippen LogP contribution < -0.4 is 22.1 Å². The topological polar surface area (TPSA) is 207 Å². The number of aliphatic imine (C=N–C) groups is 1. The highest BCUT2D eigenvalue weighted by molar-refractivity contribution is 6.35. The monoisotopic (exact) mass is 783 g/mol. The number of guanidine groups is 1. The van der Waals surface area contributed by atoms with E-state index in [-0.39, 0.29) is 55.8 Å². The van der Waals surface area contributed by atoms with Gasteiger partial charge in [0.15, 0.2) is 23.3 Å². The van der Waals surface area contributed by atoms with Crippen molar-refractivity contribution in [3.05, 3.63) is 82.0 Å². The number of hydrogen-bond acceptors (Lipinski definition) is 7. The number of aliphatic carboxylic acids is 1. The van der Waals surface area contributed by atoms with Gasteiger partial charge in [-0.1, -0.05) is 87.6 Å². The van der Waals surface area contributed by atoms with Crippen LogP contribution in [-0.2, 0) is 25.6 Å². The summed E-state index contributed by atoms with van der Waals surface area (Å²) in [7, 11) is 0. The number of furan rings is 1. The molecular formula is C40H51Cl2N5O7. The molecule has 2 amide bonds. The van der Waals surface area contributed by atoms with Crippen LogP contribution in [0.1, 0.15) is 82.3 Å². The zero-order valence-corrected chi connectivity index (χ0v) is 32.7. The van der Waals surface area contributed by atoms with E-state index < -0.39 is 53.3 Å². The van der Waals surface area contributed by atoms with Gasteiger partial charge in [0.05, 0.1) is 18.0 Å². The van der Waals surface area contributed by atoms with Gasteiger partial charge in [-0.15, -0.1) is 0 Å². The first kappa shape index (κ1) is 43.7. The molecular weight excluding hydrogens is 733 g/mol. The van der Waals surface area contributed by atoms with E-state index in [9.17, 15) is 29.1 Å². The number of carboxylic acid groups (broad SMARTS) is 1. The second kappa shape index (κ2) is 21.3. The van der Waals surface area contributed by atoms with E-state index in [0.717, 1.165) is 5.56 Å². The van der Waals surface area contributed by atoms with Crippen molar-refractivity contribution in [2.75, 3.05) is 6.54 Å². The highest BCUT2D eigenvalue weighted by Gasteiger charge is 2.34. The average Bonchev–Trinajstić information content (AvgIpc) is 3.61. The number of carbonyl (C=O) groups excluding carboxylic acids is 4. The maximum atomic E-state index is 14.0. The summed E-state index contributed by atoms with van der Waals surface area (Å²) in [5.74, 6) is -4.97. The smallest absolute Gasteiger partial charge is 0.307 e. The molecule has 0 saturated carbocycles. The summed E-state index contributed by atoms with van der Waals surface area (Å²) in [6, 6.07) is 15.0. The van der Waals surface area contributed by atoms with Gasteiger partial charge in [0, 0.05) is 40.9 Å². The third kappa shape index (κ3) is 13.9. The van der Waals surface area contributed by atoms with Crippen molar-refractivity contribution in [3.8, 4) is 11.3 Å². The molecule has 54 heavy (non-hydrogen) atoms. The van der Waals surface area contributed by atoms with Crippen molar-refractivity contribution in [3.63, 3.8) is 0 Å². The average molecular weight is 785 g/mol. The summed E-state index contributed by atoms with van der Waals surface area (Å²) in [5, 5.41) is 16.4. The van der Waals surface area contributed by atoms with Gasteiger partial charge in [-0.25, -0.2) is 0 Å². The number of carboxylic acids is 1. The molecule has 1 aromatic heterocycles. The molecule has 3 rings (SSSR count). The fourth-order valence-electron chi connectivity index (χ4n) is 6.16. The Morgan fingerprint density at radius 3 is 2.11 bits per heavy atom. The van der Waals surface area contributed by atoms with E-state index in [1.54, 1.807) is 36.4 Å². The normalized spacial score (nSPS) is 14.0. The Morgan fingerprint density at radius 2 is 1.52 bits per heavy atom. The third-order valence-electron chi connectivity index (χ3n) is 9.17. The summed E-state index contributed by atoms with van der Waals surface area (Å²) in [6.45, 7) is 7.74. The lowest BCUT2D eigenvalue weighted by Crippen LogP contribution is -2.49. The molecule has 0 saturated heterocycles. The summed E-state index contributed by atoms with van der Waals surface area (Å²) in [4.78, 5) is 71.2. The minimum atomic E-state index is -1.10. The van der Waals surface area contributed by atoms with Gasteiger partial charge in [0.2, 0.25) is 5.91 Å². The number of amides is 2. The number of ketones is 2. The Hall–Kier alpha value is -4.68. The Balaban J connectivity index is 1.80. The summed E-state index contributed by atoms with van der Waals surface area (Å²) in [6.07, 6.45) is 1.05. The largest absolute Gasteiger partial charge is 0.481 e. The lowest BCUT2D eigenvalue weighted by molar-refractivity contribution is -0.144. The van der Waals surface area contributed by atoms with Gasteiger partial charge in [-0.05, 0) is 73.4 Å². The van der Waals surface area contributed by atoms with Crippen LogP contribution in [0.4, 0.5) is 0 Å². The lowest BCUT2D eigenvalue weighted by Gasteiger charge is -2.28. The number of Topliss-reactive ketones (excluding diaryl/α,β-unsaturated/α-hetero) is 2. The van der Waals surface area contributed by atoms with E-state index in [2.05, 4.69) is 15.6 Å². The number of carbonyl (C=O) groups is 5. The number of rotatable bonds is 22. The van der Waals surface area contributed by atoms with E-state index in [1.165, 1.54) is 6.07 Å². The molecule has 0 bridgehead atoms. The van der Waals surface area contributed by atoms with Crippen LogP contribution in [-0.4, -0.2) is 59.0 Å². The van der Waals surface area contributed by atoms with E-state index >= 15 is 0 Å². The SMILES string of the molecule is CC[C@H](C)[C@H](NC(=O)[C@@H](CC(=O)[C@H](CCCN=C(N)N)NC(=O)c1ccc(-c2cc(Cl)cc(Cl)c2)o1)CC(C)C)C(=O)C[C@@H](Cc1ccccc1)C(=O)O. The highest BCUT2D eigenvalue weighted by atomic mass is 35.5. The van der Waals surface area contributed by atoms with Crippen molar-refractivity contribution < 1.29 is 33.5 Å². The predicted octanol–water partition coefficient (Wildman–Crippen LogP) is 6.46. The van der Waals surface area contributed by atoms with Gasteiger partial charge < -0.3 is 31.6 Å². The number of nitrogens with one attached hydrogen (secondary N) is 2. The lowest BCUT2D eigenvalue weighted by atomic mass is 9.85. The first-order valence-corrected chi connectivity index (χ1v) is 18.9. The number of nitrogens with two attached hydrogens (primary N) is 2. The molecule has 2 aromatic carbocycles. The molecule has 7 N–H and O–H groups in total. The minimum Gasteiger partial charge on any atom is -0.481 e. The highest BCUT2D eigenvalue weighted by Crippen LogP contribution is 2.29. The molecule has 0 aliphatic heterocycles. The Bertz CT molecular complexity index is 1750. The molecule has 0 spiro atoms. The van der Waals surface area contributed by atoms with Gasteiger partial charge in [-0.3, -0.25) is 29.0 Å². The van der Waals surface area contributed by atoms with Crippen LogP contribution in [0.2, 0.25) is 10.0 Å². The van der Waals surface area contributed by atoms with Crippen molar-refractivity contribution in [2.24, 2.45) is 40.1 Å². The zero-order valence-electron chi connectivity index (χ0n) is 31.1. The van der Waals surface area contributed by atoms with Crippen LogP contribution in [0.3, 0.4) is 0 Å². The summed E-state index contributed by atoms with van der Waals surface area (Å²) < 4.78 is 5.80. The molecule has 292 valence electrons. The van der Waals surface area contributed by atoms with Crippen LogP contribution in [0, 0.1) is 23.7 Å². The number of benzene rings is 2. The van der Waals surface area contributed by atoms with Gasteiger partial charge in [0.25, 0.3) is 5.91 Å². The van der Waals surface area contributed by atoms with Crippen molar-refractivity contribution >= 4 is 58.5 Å². The molecule has 5 atom stereocenters. The van der Waals surface area contributed by atoms with Crippen LogP contribution >= 0.6 is 23.2 Å². The van der Waals surface area contributed by atoms with Crippen molar-refractivity contribution in [1.82, 2.24) is 10.6 Å². The fourth-order valence-corrected chi connectivity index (χ4v) is 6.68. The second-order valence-corrected chi connectivity index (χ2v) is 14.9. The molecule has 14 heteroatoms. The first-order valence-electron chi connectivity index (χ1n) is 18.1. The summed E-state index contributed by atoms with van der Waals surface area (Å²) in [5.41, 5.74) is 12.3. The van der Waals surface area contributed by atoms with Crippen LogP contribution in [0.15, 0.2) is 70.1 Å². The maximum Gasteiger partial charge on any atom is 0.307 e. The maximum absolute atomic E-state index is 14.0. The molecule has 0 aliphatic carbocycles. The van der Waals surface area contributed by atoms with Gasteiger partial charge in [-0.2, -0.15) is 0 Å².